The second-order valence-electron chi connectivity index (χ2n) is 8.42. The van der Waals surface area contributed by atoms with E-state index in [1.807, 2.05) is 6.08 Å². The molecule has 0 N–H and O–H groups in total. The summed E-state index contributed by atoms with van der Waals surface area (Å²) in [6, 6.07) is 2.06. The predicted molar refractivity (Wildman–Crippen MR) is 131 cm³/mol. The Morgan fingerprint density at radius 3 is 2.55 bits per heavy atom. The lowest BCUT2D eigenvalue weighted by molar-refractivity contribution is -0.122. The van der Waals surface area contributed by atoms with E-state index >= 15 is 0 Å². The summed E-state index contributed by atoms with van der Waals surface area (Å²) in [7, 11) is 1.71. The number of nitrogens with zero attached hydrogens (tertiary/aromatic N) is 4. The van der Waals surface area contributed by atoms with Crippen LogP contribution in [0, 0.1) is 24.2 Å². The van der Waals surface area contributed by atoms with Crippen molar-refractivity contribution in [3.63, 3.8) is 0 Å². The summed E-state index contributed by atoms with van der Waals surface area (Å²) in [5, 5.41) is 9.60. The van der Waals surface area contributed by atoms with E-state index in [9.17, 15) is 14.9 Å². The second kappa shape index (κ2) is 10.0. The molecule has 0 aliphatic carbocycles. The Morgan fingerprint density at radius 2 is 1.94 bits per heavy atom. The minimum absolute atomic E-state index is 0.0870. The summed E-state index contributed by atoms with van der Waals surface area (Å²) >= 11 is 6.77. The van der Waals surface area contributed by atoms with Crippen molar-refractivity contribution in [1.29, 1.82) is 5.26 Å². The summed E-state index contributed by atoms with van der Waals surface area (Å²) in [6.07, 6.45) is 6.99. The van der Waals surface area contributed by atoms with Gasteiger partial charge >= 0.3 is 0 Å². The van der Waals surface area contributed by atoms with Gasteiger partial charge in [-0.3, -0.25) is 19.1 Å². The molecule has 0 bridgehead atoms. The van der Waals surface area contributed by atoms with E-state index in [-0.39, 0.29) is 17.0 Å². The molecule has 6 nitrogen and oxygen atoms in total. The first-order valence-electron chi connectivity index (χ1n) is 10.9. The number of pyridine rings is 1. The molecule has 2 saturated heterocycles. The number of rotatable bonds is 6. The van der Waals surface area contributed by atoms with Crippen LogP contribution in [0.5, 0.6) is 0 Å². The van der Waals surface area contributed by atoms with Crippen molar-refractivity contribution in [3.8, 4) is 6.07 Å². The smallest absolute Gasteiger partial charge is 0.270 e. The number of hydrogen-bond acceptors (Lipinski definition) is 6. The molecule has 3 heterocycles. The third-order valence-electron chi connectivity index (χ3n) is 6.19. The molecule has 2 aliphatic heterocycles. The summed E-state index contributed by atoms with van der Waals surface area (Å²) in [5.41, 5.74) is 1.22. The highest BCUT2D eigenvalue weighted by molar-refractivity contribution is 8.26. The Labute approximate surface area is 193 Å². The maximum atomic E-state index is 13.1. The Kier molecular flexibility index (Phi) is 7.60. The number of anilines is 1. The molecule has 2 aliphatic rings. The Morgan fingerprint density at radius 1 is 1.26 bits per heavy atom. The Balaban J connectivity index is 2.07. The molecule has 2 fully saturated rings. The third kappa shape index (κ3) is 4.73. The third-order valence-corrected chi connectivity index (χ3v) is 7.56. The number of piperidine rings is 1. The average molecular weight is 459 g/mol. The largest absolute Gasteiger partial charge is 0.357 e. The summed E-state index contributed by atoms with van der Waals surface area (Å²) in [5.74, 6) is 1.34. The van der Waals surface area contributed by atoms with Gasteiger partial charge in [0.05, 0.1) is 4.91 Å². The minimum atomic E-state index is -0.294. The van der Waals surface area contributed by atoms with Crippen LogP contribution in [-0.2, 0) is 11.8 Å². The maximum Gasteiger partial charge on any atom is 0.270 e. The Hall–Kier alpha value is -2.11. The first-order chi connectivity index (χ1) is 14.8. The van der Waals surface area contributed by atoms with Gasteiger partial charge in [-0.2, -0.15) is 5.26 Å². The number of nitriles is 1. The summed E-state index contributed by atoms with van der Waals surface area (Å²) in [4.78, 5) is 30.3. The number of aromatic nitrogens is 1. The topological polar surface area (TPSA) is 69.3 Å². The fourth-order valence-electron chi connectivity index (χ4n) is 4.16. The first-order valence-corrected chi connectivity index (χ1v) is 12.2. The van der Waals surface area contributed by atoms with Gasteiger partial charge in [-0.25, -0.2) is 0 Å². The van der Waals surface area contributed by atoms with Crippen molar-refractivity contribution in [3.05, 3.63) is 31.9 Å². The molecule has 0 aromatic carbocycles. The zero-order valence-corrected chi connectivity index (χ0v) is 20.4. The lowest BCUT2D eigenvalue weighted by Gasteiger charge is -2.34. The molecule has 0 spiro atoms. The molecule has 8 heteroatoms. The van der Waals surface area contributed by atoms with Crippen LogP contribution in [0.25, 0.3) is 6.08 Å². The predicted octanol–water partition coefficient (Wildman–Crippen LogP) is 4.19. The van der Waals surface area contributed by atoms with Crippen molar-refractivity contribution in [2.75, 3.05) is 24.5 Å². The van der Waals surface area contributed by atoms with Crippen molar-refractivity contribution in [2.24, 2.45) is 13.0 Å². The van der Waals surface area contributed by atoms with Gasteiger partial charge < -0.3 is 4.90 Å². The first kappa shape index (κ1) is 23.6. The molecule has 0 unspecified atom stereocenters. The zero-order chi connectivity index (χ0) is 22.7. The highest BCUT2D eigenvalue weighted by Crippen LogP contribution is 2.36. The monoisotopic (exact) mass is 458 g/mol. The van der Waals surface area contributed by atoms with Crippen LogP contribution in [0.2, 0.25) is 0 Å². The average Bonchev–Trinajstić information content (AvgIpc) is 3.01. The number of unbranched alkanes of at least 4 members (excludes halogenated alkanes) is 2. The normalized spacial score (nSPS) is 18.9. The van der Waals surface area contributed by atoms with Gasteiger partial charge in [-0.1, -0.05) is 50.7 Å². The van der Waals surface area contributed by atoms with E-state index in [4.69, 9.17) is 12.2 Å². The van der Waals surface area contributed by atoms with Gasteiger partial charge in [0, 0.05) is 32.2 Å². The lowest BCUT2D eigenvalue weighted by atomic mass is 9.97. The number of amides is 1. The summed E-state index contributed by atoms with van der Waals surface area (Å²) < 4.78 is 2.14. The molecule has 1 aromatic heterocycles. The molecule has 0 saturated carbocycles. The molecular weight excluding hydrogens is 428 g/mol. The number of carbonyl (C=O) groups excluding carboxylic acids is 1. The van der Waals surface area contributed by atoms with Crippen LogP contribution in [0.1, 0.15) is 62.6 Å². The van der Waals surface area contributed by atoms with Gasteiger partial charge in [-0.15, -0.1) is 0 Å². The number of hydrogen-bond donors (Lipinski definition) is 0. The number of carbonyl (C=O) groups is 1. The van der Waals surface area contributed by atoms with Crippen LogP contribution in [0.4, 0.5) is 5.82 Å². The van der Waals surface area contributed by atoms with Gasteiger partial charge in [-0.05, 0) is 43.7 Å². The molecule has 1 aromatic rings. The van der Waals surface area contributed by atoms with Crippen LogP contribution >= 0.6 is 24.0 Å². The second-order valence-corrected chi connectivity index (χ2v) is 10.1. The van der Waals surface area contributed by atoms with Gasteiger partial charge in [0.15, 0.2) is 0 Å². The molecule has 1 amide bonds. The van der Waals surface area contributed by atoms with Gasteiger partial charge in [0.25, 0.3) is 11.5 Å². The van der Waals surface area contributed by atoms with Crippen molar-refractivity contribution in [1.82, 2.24) is 9.47 Å². The highest BCUT2D eigenvalue weighted by atomic mass is 32.2. The van der Waals surface area contributed by atoms with Gasteiger partial charge in [0.2, 0.25) is 0 Å². The fraction of sp³-hybridized carbons (Fsp3) is 0.565. The maximum absolute atomic E-state index is 13.1. The molecule has 31 heavy (non-hydrogen) atoms. The van der Waals surface area contributed by atoms with Crippen LogP contribution in [0.3, 0.4) is 0 Å². The quantitative estimate of drug-likeness (QED) is 0.362. The number of thiocarbonyl (C=S) groups is 1. The fourth-order valence-corrected chi connectivity index (χ4v) is 5.45. The van der Waals surface area contributed by atoms with Crippen molar-refractivity contribution < 1.29 is 4.79 Å². The SMILES string of the molecule is CCCCCN1C(=O)/C(=C\c2c(C)c(C#N)c(=O)n(C)c2N2CCC(C)CC2)SC1=S. The minimum Gasteiger partial charge on any atom is -0.357 e. The zero-order valence-electron chi connectivity index (χ0n) is 18.7. The van der Waals surface area contributed by atoms with E-state index in [2.05, 4.69) is 24.8 Å². The standard InChI is InChI=1S/C23H30N4O2S2/c1-5-6-7-10-27-22(29)19(31-23(27)30)13-17-16(3)18(14-24)21(28)25(4)20(17)26-11-8-15(2)9-12-26/h13,15H,5-12H2,1-4H3/b19-13+. The van der Waals surface area contributed by atoms with Crippen molar-refractivity contribution in [2.45, 2.75) is 52.9 Å². The molecule has 0 atom stereocenters. The number of thioether (sulfide) groups is 1. The molecule has 3 rings (SSSR count). The summed E-state index contributed by atoms with van der Waals surface area (Å²) in [6.45, 7) is 8.48. The van der Waals surface area contributed by atoms with Gasteiger partial charge in [0.1, 0.15) is 21.8 Å². The lowest BCUT2D eigenvalue weighted by Crippen LogP contribution is -2.38. The Bertz CT molecular complexity index is 1010. The molecule has 0 radical (unpaired) electrons. The van der Waals surface area contributed by atoms with Crippen LogP contribution in [0.15, 0.2) is 9.70 Å². The van der Waals surface area contributed by atoms with E-state index in [1.54, 1.807) is 23.4 Å². The van der Waals surface area contributed by atoms with Crippen LogP contribution in [-0.4, -0.2) is 39.3 Å². The molecule has 166 valence electrons. The molecular formula is C23H30N4O2S2. The van der Waals surface area contributed by atoms with E-state index in [0.29, 0.717) is 27.3 Å². The van der Waals surface area contributed by atoms with Crippen LogP contribution < -0.4 is 10.5 Å². The van der Waals surface area contributed by atoms with E-state index in [0.717, 1.165) is 56.6 Å². The highest BCUT2D eigenvalue weighted by Gasteiger charge is 2.33. The van der Waals surface area contributed by atoms with E-state index < -0.39 is 0 Å². The van der Waals surface area contributed by atoms with Crippen molar-refractivity contribution >= 4 is 46.1 Å². The van der Waals surface area contributed by atoms with E-state index in [1.165, 1.54) is 11.8 Å².